The van der Waals surface area contributed by atoms with Gasteiger partial charge in [0, 0.05) is 24.2 Å². The van der Waals surface area contributed by atoms with Gasteiger partial charge < -0.3 is 5.73 Å². The Balaban J connectivity index is 2.41. The van der Waals surface area contributed by atoms with Gasteiger partial charge in [0.05, 0.1) is 6.04 Å². The zero-order chi connectivity index (χ0) is 11.4. The highest BCUT2D eigenvalue weighted by Crippen LogP contribution is 2.23. The lowest BCUT2D eigenvalue weighted by Gasteiger charge is -2.17. The number of anilines is 1. The fourth-order valence-corrected chi connectivity index (χ4v) is 1.59. The first kappa shape index (κ1) is 10.5. The summed E-state index contributed by atoms with van der Waals surface area (Å²) in [5.41, 5.74) is 10.3. The smallest absolute Gasteiger partial charge is 0.128 e. The van der Waals surface area contributed by atoms with E-state index >= 15 is 0 Å². The minimum Gasteiger partial charge on any atom is -0.383 e. The molecule has 2 aromatic heterocycles. The lowest BCUT2D eigenvalue weighted by Crippen LogP contribution is -2.29. The van der Waals surface area contributed by atoms with Crippen LogP contribution in [-0.2, 0) is 0 Å². The predicted octanol–water partition coefficient (Wildman–Crippen LogP) is 0.611. The molecule has 82 valence electrons. The Morgan fingerprint density at radius 3 is 2.62 bits per heavy atom. The molecule has 0 aromatic carbocycles. The van der Waals surface area contributed by atoms with Crippen LogP contribution in [-0.4, -0.2) is 9.97 Å². The van der Waals surface area contributed by atoms with Gasteiger partial charge in [-0.05, 0) is 17.7 Å². The number of rotatable bonds is 3. The Kier molecular flexibility index (Phi) is 3.09. The van der Waals surface area contributed by atoms with Crippen molar-refractivity contribution in [1.82, 2.24) is 15.4 Å². The molecule has 0 aliphatic carbocycles. The third-order valence-electron chi connectivity index (χ3n) is 2.37. The van der Waals surface area contributed by atoms with E-state index in [2.05, 4.69) is 15.4 Å². The summed E-state index contributed by atoms with van der Waals surface area (Å²) in [4.78, 5) is 8.09. The van der Waals surface area contributed by atoms with Crippen LogP contribution in [0.5, 0.6) is 0 Å². The molecule has 0 amide bonds. The number of nitrogens with one attached hydrogen (secondary N) is 1. The van der Waals surface area contributed by atoms with E-state index in [1.54, 1.807) is 18.6 Å². The first-order valence-electron chi connectivity index (χ1n) is 4.89. The first-order valence-corrected chi connectivity index (χ1v) is 4.89. The molecule has 0 spiro atoms. The Morgan fingerprint density at radius 1 is 1.19 bits per heavy atom. The summed E-state index contributed by atoms with van der Waals surface area (Å²) in [6.45, 7) is 0. The number of aromatic nitrogens is 2. The van der Waals surface area contributed by atoms with Crippen molar-refractivity contribution in [1.29, 1.82) is 0 Å². The largest absolute Gasteiger partial charge is 0.383 e. The molecule has 0 saturated heterocycles. The van der Waals surface area contributed by atoms with E-state index in [1.165, 1.54) is 0 Å². The van der Waals surface area contributed by atoms with Crippen LogP contribution >= 0.6 is 0 Å². The van der Waals surface area contributed by atoms with Crippen LogP contribution in [0.2, 0.25) is 0 Å². The molecule has 2 rings (SSSR count). The highest BCUT2D eigenvalue weighted by atomic mass is 15.2. The van der Waals surface area contributed by atoms with E-state index in [-0.39, 0.29) is 6.04 Å². The molecule has 0 aliphatic rings. The molecular weight excluding hydrogens is 202 g/mol. The van der Waals surface area contributed by atoms with Crippen LogP contribution < -0.4 is 17.0 Å². The van der Waals surface area contributed by atoms with Gasteiger partial charge in [0.1, 0.15) is 5.82 Å². The summed E-state index contributed by atoms with van der Waals surface area (Å²) in [7, 11) is 0. The van der Waals surface area contributed by atoms with E-state index in [0.29, 0.717) is 5.82 Å². The van der Waals surface area contributed by atoms with Crippen molar-refractivity contribution >= 4 is 5.82 Å². The van der Waals surface area contributed by atoms with E-state index in [1.807, 2.05) is 24.3 Å². The lowest BCUT2D eigenvalue weighted by molar-refractivity contribution is 0.634. The van der Waals surface area contributed by atoms with Crippen molar-refractivity contribution in [2.45, 2.75) is 6.04 Å². The molecule has 16 heavy (non-hydrogen) atoms. The maximum Gasteiger partial charge on any atom is 0.128 e. The maximum absolute atomic E-state index is 5.81. The lowest BCUT2D eigenvalue weighted by atomic mass is 10.0. The van der Waals surface area contributed by atoms with E-state index in [9.17, 15) is 0 Å². The molecule has 0 fully saturated rings. The van der Waals surface area contributed by atoms with Gasteiger partial charge in [0.25, 0.3) is 0 Å². The molecule has 0 saturated carbocycles. The quantitative estimate of drug-likeness (QED) is 0.515. The second-order valence-electron chi connectivity index (χ2n) is 3.36. The Labute approximate surface area is 93.5 Å². The number of nitrogen functional groups attached to an aromatic ring is 1. The summed E-state index contributed by atoms with van der Waals surface area (Å²) >= 11 is 0. The topological polar surface area (TPSA) is 89.8 Å². The summed E-state index contributed by atoms with van der Waals surface area (Å²) in [6, 6.07) is 7.31. The second kappa shape index (κ2) is 4.69. The Hall–Kier alpha value is -1.98. The zero-order valence-electron chi connectivity index (χ0n) is 8.67. The average molecular weight is 215 g/mol. The normalized spacial score (nSPS) is 12.3. The van der Waals surface area contributed by atoms with Crippen molar-refractivity contribution < 1.29 is 0 Å². The van der Waals surface area contributed by atoms with Gasteiger partial charge in [-0.1, -0.05) is 12.1 Å². The maximum atomic E-state index is 5.81. The SMILES string of the molecule is NNC(c1cccnc1)c1cccnc1N. The van der Waals surface area contributed by atoms with E-state index in [0.717, 1.165) is 11.1 Å². The summed E-state index contributed by atoms with van der Waals surface area (Å²) in [5.74, 6) is 6.01. The molecule has 0 bridgehead atoms. The number of nitrogens with two attached hydrogens (primary N) is 2. The van der Waals surface area contributed by atoms with Gasteiger partial charge in [0.15, 0.2) is 0 Å². The van der Waals surface area contributed by atoms with Crippen molar-refractivity contribution in [2.24, 2.45) is 5.84 Å². The molecule has 1 atom stereocenters. The van der Waals surface area contributed by atoms with Crippen molar-refractivity contribution in [2.75, 3.05) is 5.73 Å². The van der Waals surface area contributed by atoms with Crippen molar-refractivity contribution in [3.8, 4) is 0 Å². The van der Waals surface area contributed by atoms with Gasteiger partial charge in [0.2, 0.25) is 0 Å². The Bertz CT molecular complexity index is 457. The number of nitrogens with zero attached hydrogens (tertiary/aromatic N) is 2. The van der Waals surface area contributed by atoms with Crippen LogP contribution in [0.4, 0.5) is 5.82 Å². The third-order valence-corrected chi connectivity index (χ3v) is 2.37. The second-order valence-corrected chi connectivity index (χ2v) is 3.36. The molecular formula is C11H13N5. The number of hydrazine groups is 1. The first-order chi connectivity index (χ1) is 7.83. The fourth-order valence-electron chi connectivity index (χ4n) is 1.59. The summed E-state index contributed by atoms with van der Waals surface area (Å²) in [6.07, 6.45) is 5.11. The number of hydrogen-bond acceptors (Lipinski definition) is 5. The number of pyridine rings is 2. The molecule has 5 N–H and O–H groups in total. The number of hydrogen-bond donors (Lipinski definition) is 3. The Morgan fingerprint density at radius 2 is 2.00 bits per heavy atom. The van der Waals surface area contributed by atoms with E-state index in [4.69, 9.17) is 11.6 Å². The van der Waals surface area contributed by atoms with Gasteiger partial charge in [-0.15, -0.1) is 0 Å². The van der Waals surface area contributed by atoms with Crippen LogP contribution in [0.25, 0.3) is 0 Å². The minimum absolute atomic E-state index is 0.192. The summed E-state index contributed by atoms with van der Waals surface area (Å²) < 4.78 is 0. The standard InChI is InChI=1S/C11H13N5/c12-11-9(4-2-6-15-11)10(16-13)8-3-1-5-14-7-8/h1-7,10,16H,13H2,(H2,12,15). The highest BCUT2D eigenvalue weighted by Gasteiger charge is 2.15. The van der Waals surface area contributed by atoms with Gasteiger partial charge in [-0.2, -0.15) is 0 Å². The third kappa shape index (κ3) is 2.00. The van der Waals surface area contributed by atoms with Gasteiger partial charge in [-0.25, -0.2) is 10.4 Å². The average Bonchev–Trinajstić information content (AvgIpc) is 2.34. The molecule has 2 aromatic rings. The minimum atomic E-state index is -0.192. The van der Waals surface area contributed by atoms with E-state index < -0.39 is 0 Å². The highest BCUT2D eigenvalue weighted by molar-refractivity contribution is 5.44. The molecule has 0 radical (unpaired) electrons. The zero-order valence-corrected chi connectivity index (χ0v) is 8.67. The van der Waals surface area contributed by atoms with Crippen molar-refractivity contribution in [3.05, 3.63) is 54.0 Å². The fraction of sp³-hybridized carbons (Fsp3) is 0.0909. The molecule has 2 heterocycles. The molecule has 5 heteroatoms. The summed E-state index contributed by atoms with van der Waals surface area (Å²) in [5, 5.41) is 0. The molecule has 5 nitrogen and oxygen atoms in total. The predicted molar refractivity (Wildman–Crippen MR) is 62.1 cm³/mol. The van der Waals surface area contributed by atoms with Crippen LogP contribution in [0.15, 0.2) is 42.9 Å². The monoisotopic (exact) mass is 215 g/mol. The van der Waals surface area contributed by atoms with Crippen LogP contribution in [0, 0.1) is 0 Å². The van der Waals surface area contributed by atoms with Crippen LogP contribution in [0.1, 0.15) is 17.2 Å². The van der Waals surface area contributed by atoms with Gasteiger partial charge >= 0.3 is 0 Å². The van der Waals surface area contributed by atoms with Crippen molar-refractivity contribution in [3.63, 3.8) is 0 Å². The van der Waals surface area contributed by atoms with Crippen LogP contribution in [0.3, 0.4) is 0 Å². The molecule has 0 aliphatic heterocycles. The van der Waals surface area contributed by atoms with Gasteiger partial charge in [-0.3, -0.25) is 10.8 Å². The molecule has 1 unspecified atom stereocenters.